The lowest BCUT2D eigenvalue weighted by Gasteiger charge is -2.35. The molecule has 1 heterocycles. The molecular formula is C12H25NO. The zero-order chi connectivity index (χ0) is 10.6. The van der Waals surface area contributed by atoms with Gasteiger partial charge in [0.1, 0.15) is 0 Å². The first-order chi connectivity index (χ1) is 6.65. The van der Waals surface area contributed by atoms with E-state index in [2.05, 4.69) is 33.0 Å². The van der Waals surface area contributed by atoms with Crippen LogP contribution in [0, 0.1) is 11.8 Å². The summed E-state index contributed by atoms with van der Waals surface area (Å²) in [5.74, 6) is 1.46. The Kier molecular flexibility index (Phi) is 4.90. The van der Waals surface area contributed by atoms with Gasteiger partial charge >= 0.3 is 0 Å². The second kappa shape index (κ2) is 5.72. The van der Waals surface area contributed by atoms with Crippen molar-refractivity contribution >= 4 is 0 Å². The number of hydrogen-bond acceptors (Lipinski definition) is 2. The van der Waals surface area contributed by atoms with Crippen molar-refractivity contribution in [1.29, 1.82) is 0 Å². The van der Waals surface area contributed by atoms with Gasteiger partial charge in [0.15, 0.2) is 0 Å². The van der Waals surface area contributed by atoms with Crippen LogP contribution in [0.25, 0.3) is 0 Å². The van der Waals surface area contributed by atoms with Crippen LogP contribution in [-0.4, -0.2) is 25.3 Å². The lowest BCUT2D eigenvalue weighted by atomic mass is 9.86. The van der Waals surface area contributed by atoms with Crippen LogP contribution in [0.5, 0.6) is 0 Å². The summed E-state index contributed by atoms with van der Waals surface area (Å²) in [6.45, 7) is 11.0. The molecule has 0 spiro atoms. The van der Waals surface area contributed by atoms with Crippen molar-refractivity contribution in [2.75, 3.05) is 13.2 Å². The van der Waals surface area contributed by atoms with Crippen molar-refractivity contribution < 1.29 is 4.74 Å². The highest BCUT2D eigenvalue weighted by Crippen LogP contribution is 2.27. The maximum atomic E-state index is 5.77. The Morgan fingerprint density at radius 1 is 1.36 bits per heavy atom. The SMILES string of the molecule is CCNC(C)C1CCOC(C(C)C)C1. The fourth-order valence-corrected chi connectivity index (χ4v) is 2.26. The molecule has 0 amide bonds. The van der Waals surface area contributed by atoms with E-state index in [9.17, 15) is 0 Å². The molecule has 0 aromatic rings. The Hall–Kier alpha value is -0.0800. The first kappa shape index (κ1) is 12.0. The smallest absolute Gasteiger partial charge is 0.0601 e. The molecule has 0 aromatic carbocycles. The highest BCUT2D eigenvalue weighted by Gasteiger charge is 2.27. The molecule has 0 saturated carbocycles. The van der Waals surface area contributed by atoms with E-state index in [0.717, 1.165) is 19.1 Å². The summed E-state index contributed by atoms with van der Waals surface area (Å²) < 4.78 is 5.77. The van der Waals surface area contributed by atoms with Crippen LogP contribution >= 0.6 is 0 Å². The second-order valence-electron chi connectivity index (χ2n) is 4.78. The molecule has 1 saturated heterocycles. The summed E-state index contributed by atoms with van der Waals surface area (Å²) in [5, 5.41) is 3.52. The molecule has 0 radical (unpaired) electrons. The van der Waals surface area contributed by atoms with Crippen LogP contribution in [-0.2, 0) is 4.74 Å². The summed E-state index contributed by atoms with van der Waals surface area (Å²) >= 11 is 0. The molecule has 1 N–H and O–H groups in total. The molecule has 1 fully saturated rings. The molecule has 2 nitrogen and oxygen atoms in total. The van der Waals surface area contributed by atoms with Gasteiger partial charge in [-0.15, -0.1) is 0 Å². The van der Waals surface area contributed by atoms with Crippen molar-refractivity contribution in [2.45, 2.75) is 52.7 Å². The van der Waals surface area contributed by atoms with Crippen molar-refractivity contribution in [2.24, 2.45) is 11.8 Å². The van der Waals surface area contributed by atoms with E-state index in [1.807, 2.05) is 0 Å². The normalized spacial score (nSPS) is 30.6. The number of hydrogen-bond donors (Lipinski definition) is 1. The average Bonchev–Trinajstić information content (AvgIpc) is 2.18. The van der Waals surface area contributed by atoms with Crippen LogP contribution in [0.15, 0.2) is 0 Å². The zero-order valence-corrected chi connectivity index (χ0v) is 10.0. The van der Waals surface area contributed by atoms with E-state index in [0.29, 0.717) is 18.1 Å². The molecular weight excluding hydrogens is 174 g/mol. The molecule has 1 rings (SSSR count). The Balaban J connectivity index is 2.39. The summed E-state index contributed by atoms with van der Waals surface area (Å²) in [6, 6.07) is 0.644. The Labute approximate surface area is 88.4 Å². The second-order valence-corrected chi connectivity index (χ2v) is 4.78. The summed E-state index contributed by atoms with van der Waals surface area (Å²) in [7, 11) is 0. The van der Waals surface area contributed by atoms with E-state index in [1.165, 1.54) is 12.8 Å². The van der Waals surface area contributed by atoms with E-state index in [4.69, 9.17) is 4.74 Å². The van der Waals surface area contributed by atoms with Crippen LogP contribution in [0.2, 0.25) is 0 Å². The largest absolute Gasteiger partial charge is 0.378 e. The van der Waals surface area contributed by atoms with Crippen LogP contribution in [0.1, 0.15) is 40.5 Å². The van der Waals surface area contributed by atoms with Gasteiger partial charge in [-0.05, 0) is 38.1 Å². The lowest BCUT2D eigenvalue weighted by molar-refractivity contribution is -0.0396. The first-order valence-electron chi connectivity index (χ1n) is 6.00. The summed E-state index contributed by atoms with van der Waals surface area (Å²) in [5.41, 5.74) is 0. The van der Waals surface area contributed by atoms with Gasteiger partial charge in [0.05, 0.1) is 6.10 Å². The van der Waals surface area contributed by atoms with Crippen molar-refractivity contribution in [3.8, 4) is 0 Å². The molecule has 0 aliphatic carbocycles. The molecule has 2 heteroatoms. The van der Waals surface area contributed by atoms with E-state index in [1.54, 1.807) is 0 Å². The zero-order valence-electron chi connectivity index (χ0n) is 10.0. The molecule has 1 aliphatic rings. The maximum absolute atomic E-state index is 5.77. The van der Waals surface area contributed by atoms with Crippen molar-refractivity contribution in [3.05, 3.63) is 0 Å². The van der Waals surface area contributed by atoms with E-state index < -0.39 is 0 Å². The van der Waals surface area contributed by atoms with Crippen molar-refractivity contribution in [1.82, 2.24) is 5.32 Å². The van der Waals surface area contributed by atoms with Crippen LogP contribution in [0.4, 0.5) is 0 Å². The van der Waals surface area contributed by atoms with Gasteiger partial charge in [-0.1, -0.05) is 20.8 Å². The van der Waals surface area contributed by atoms with Crippen LogP contribution < -0.4 is 5.32 Å². The van der Waals surface area contributed by atoms with E-state index in [-0.39, 0.29) is 0 Å². The maximum Gasteiger partial charge on any atom is 0.0601 e. The quantitative estimate of drug-likeness (QED) is 0.751. The van der Waals surface area contributed by atoms with E-state index >= 15 is 0 Å². The summed E-state index contributed by atoms with van der Waals surface area (Å²) in [4.78, 5) is 0. The van der Waals surface area contributed by atoms with Gasteiger partial charge in [0, 0.05) is 12.6 Å². The minimum atomic E-state index is 0.481. The number of rotatable bonds is 4. The Bertz CT molecular complexity index is 158. The minimum Gasteiger partial charge on any atom is -0.378 e. The average molecular weight is 199 g/mol. The van der Waals surface area contributed by atoms with Gasteiger partial charge < -0.3 is 10.1 Å². The standard InChI is InChI=1S/C12H25NO/c1-5-13-10(4)11-6-7-14-12(8-11)9(2)3/h9-13H,5-8H2,1-4H3. The van der Waals surface area contributed by atoms with Gasteiger partial charge in [0.2, 0.25) is 0 Å². The fraction of sp³-hybridized carbons (Fsp3) is 1.00. The molecule has 3 atom stereocenters. The fourth-order valence-electron chi connectivity index (χ4n) is 2.26. The minimum absolute atomic E-state index is 0.481. The molecule has 0 bridgehead atoms. The summed E-state index contributed by atoms with van der Waals surface area (Å²) in [6.07, 6.45) is 2.93. The third kappa shape index (κ3) is 3.25. The molecule has 14 heavy (non-hydrogen) atoms. The molecule has 3 unspecified atom stereocenters. The number of ether oxygens (including phenoxy) is 1. The Morgan fingerprint density at radius 2 is 2.07 bits per heavy atom. The Morgan fingerprint density at radius 3 is 2.64 bits per heavy atom. The highest BCUT2D eigenvalue weighted by molar-refractivity contribution is 4.80. The van der Waals surface area contributed by atoms with Gasteiger partial charge in [-0.3, -0.25) is 0 Å². The van der Waals surface area contributed by atoms with Crippen molar-refractivity contribution in [3.63, 3.8) is 0 Å². The molecule has 0 aromatic heterocycles. The van der Waals surface area contributed by atoms with Gasteiger partial charge in [0.25, 0.3) is 0 Å². The van der Waals surface area contributed by atoms with Crippen LogP contribution in [0.3, 0.4) is 0 Å². The molecule has 84 valence electrons. The predicted octanol–water partition coefficient (Wildman–Crippen LogP) is 2.44. The van der Waals surface area contributed by atoms with Gasteiger partial charge in [-0.25, -0.2) is 0 Å². The third-order valence-corrected chi connectivity index (χ3v) is 3.33. The predicted molar refractivity (Wildman–Crippen MR) is 60.4 cm³/mol. The topological polar surface area (TPSA) is 21.3 Å². The lowest BCUT2D eigenvalue weighted by Crippen LogP contribution is -2.40. The van der Waals surface area contributed by atoms with Gasteiger partial charge in [-0.2, -0.15) is 0 Å². The monoisotopic (exact) mass is 199 g/mol. The first-order valence-corrected chi connectivity index (χ1v) is 6.00. The highest BCUT2D eigenvalue weighted by atomic mass is 16.5. The molecule has 1 aliphatic heterocycles. The third-order valence-electron chi connectivity index (χ3n) is 3.33. The number of nitrogens with one attached hydrogen (secondary N) is 1.